The molecule has 17 heavy (non-hydrogen) atoms. The molecule has 0 amide bonds. The van der Waals surface area contributed by atoms with Gasteiger partial charge >= 0.3 is 5.97 Å². The van der Waals surface area contributed by atoms with Gasteiger partial charge in [0.15, 0.2) is 0 Å². The van der Waals surface area contributed by atoms with Crippen molar-refractivity contribution >= 4 is 5.97 Å². The van der Waals surface area contributed by atoms with E-state index in [9.17, 15) is 9.90 Å². The van der Waals surface area contributed by atoms with E-state index in [1.807, 2.05) is 23.1 Å². The van der Waals surface area contributed by atoms with Crippen molar-refractivity contribution in [3.63, 3.8) is 0 Å². The molecule has 2 N–H and O–H groups in total. The Balaban J connectivity index is 2.04. The lowest BCUT2D eigenvalue weighted by molar-refractivity contribution is -0.155. The van der Waals surface area contributed by atoms with E-state index in [2.05, 4.69) is 5.32 Å². The van der Waals surface area contributed by atoms with Crippen molar-refractivity contribution in [3.8, 4) is 5.75 Å². The van der Waals surface area contributed by atoms with Crippen molar-refractivity contribution < 1.29 is 14.6 Å². The van der Waals surface area contributed by atoms with Crippen molar-refractivity contribution in [2.75, 3.05) is 26.2 Å². The molecule has 0 spiro atoms. The Morgan fingerprint density at radius 2 is 1.94 bits per heavy atom. The molecule has 1 saturated heterocycles. The summed E-state index contributed by atoms with van der Waals surface area (Å²) in [5.41, 5.74) is 0. The Hall–Kier alpha value is -1.59. The van der Waals surface area contributed by atoms with E-state index in [1.165, 1.54) is 0 Å². The quantitative estimate of drug-likeness (QED) is 0.791. The topological polar surface area (TPSA) is 61.8 Å². The monoisotopic (exact) mass is 236 g/mol. The highest BCUT2D eigenvalue weighted by Crippen LogP contribution is 2.13. The SMILES string of the molecule is O=C(O)C(Oc1ccccc1)N1CCNCC1. The molecule has 1 fully saturated rings. The fourth-order valence-corrected chi connectivity index (χ4v) is 1.83. The fraction of sp³-hybridized carbons (Fsp3) is 0.417. The van der Waals surface area contributed by atoms with Crippen molar-refractivity contribution in [1.82, 2.24) is 10.2 Å². The predicted octanol–water partition coefficient (Wildman–Crippen LogP) is 0.381. The molecule has 1 aromatic carbocycles. The molecule has 0 aromatic heterocycles. The number of carboxylic acids is 1. The lowest BCUT2D eigenvalue weighted by Crippen LogP contribution is -2.53. The number of piperazine rings is 1. The Bertz CT molecular complexity index is 363. The Kier molecular flexibility index (Phi) is 3.95. The van der Waals surface area contributed by atoms with E-state index in [1.54, 1.807) is 12.1 Å². The molecule has 0 bridgehead atoms. The summed E-state index contributed by atoms with van der Waals surface area (Å²) in [5, 5.41) is 12.4. The molecule has 1 unspecified atom stereocenters. The summed E-state index contributed by atoms with van der Waals surface area (Å²) in [6.45, 7) is 2.96. The van der Waals surface area contributed by atoms with Crippen LogP contribution in [0.15, 0.2) is 30.3 Å². The maximum atomic E-state index is 11.2. The molecule has 1 atom stereocenters. The minimum absolute atomic E-state index is 0.582. The summed E-state index contributed by atoms with van der Waals surface area (Å²) >= 11 is 0. The second kappa shape index (κ2) is 5.65. The molecule has 1 heterocycles. The standard InChI is InChI=1S/C12H16N2O3/c15-12(16)11(14-8-6-13-7-9-14)17-10-4-2-1-3-5-10/h1-5,11,13H,6-9H2,(H,15,16). The van der Waals surface area contributed by atoms with Crippen molar-refractivity contribution in [1.29, 1.82) is 0 Å². The minimum Gasteiger partial charge on any atom is -0.477 e. The molecule has 5 nitrogen and oxygen atoms in total. The van der Waals surface area contributed by atoms with E-state index in [4.69, 9.17) is 4.74 Å². The molecule has 1 aliphatic rings. The summed E-state index contributed by atoms with van der Waals surface area (Å²) in [6.07, 6.45) is -0.903. The number of carboxylic acid groups (broad SMARTS) is 1. The first kappa shape index (κ1) is 11.9. The van der Waals surface area contributed by atoms with E-state index in [0.717, 1.165) is 13.1 Å². The summed E-state index contributed by atoms with van der Waals surface area (Å²) < 4.78 is 5.51. The highest BCUT2D eigenvalue weighted by atomic mass is 16.5. The summed E-state index contributed by atoms with van der Waals surface area (Å²) in [4.78, 5) is 13.0. The van der Waals surface area contributed by atoms with Crippen LogP contribution in [0.2, 0.25) is 0 Å². The van der Waals surface area contributed by atoms with Crippen LogP contribution in [-0.2, 0) is 4.79 Å². The number of ether oxygens (including phenoxy) is 1. The molecule has 1 aliphatic heterocycles. The van der Waals surface area contributed by atoms with E-state index < -0.39 is 12.2 Å². The molecule has 1 aromatic rings. The molecule has 92 valence electrons. The highest BCUT2D eigenvalue weighted by Gasteiger charge is 2.28. The second-order valence-electron chi connectivity index (χ2n) is 3.91. The van der Waals surface area contributed by atoms with E-state index >= 15 is 0 Å². The number of carbonyl (C=O) groups is 1. The first-order chi connectivity index (χ1) is 8.27. The van der Waals surface area contributed by atoms with Gasteiger partial charge in [-0.15, -0.1) is 0 Å². The van der Waals surface area contributed by atoms with Gasteiger partial charge in [-0.05, 0) is 12.1 Å². The number of aliphatic carboxylic acids is 1. The third-order valence-electron chi connectivity index (χ3n) is 2.69. The molecular formula is C12H16N2O3. The van der Waals surface area contributed by atoms with Crippen LogP contribution in [0.4, 0.5) is 0 Å². The number of hydrogen-bond acceptors (Lipinski definition) is 4. The maximum absolute atomic E-state index is 11.2. The van der Waals surface area contributed by atoms with E-state index in [-0.39, 0.29) is 0 Å². The first-order valence-electron chi connectivity index (χ1n) is 5.66. The normalized spacial score (nSPS) is 18.6. The Labute approximate surface area is 100.0 Å². The Morgan fingerprint density at radius 3 is 2.53 bits per heavy atom. The zero-order chi connectivity index (χ0) is 12.1. The van der Waals surface area contributed by atoms with Crippen molar-refractivity contribution in [2.45, 2.75) is 6.23 Å². The number of para-hydroxylation sites is 1. The number of rotatable bonds is 4. The average Bonchev–Trinajstić information content (AvgIpc) is 2.38. The van der Waals surface area contributed by atoms with Crippen LogP contribution >= 0.6 is 0 Å². The molecule has 2 rings (SSSR count). The van der Waals surface area contributed by atoms with Gasteiger partial charge in [-0.1, -0.05) is 18.2 Å². The predicted molar refractivity (Wildman–Crippen MR) is 62.9 cm³/mol. The Morgan fingerprint density at radius 1 is 1.29 bits per heavy atom. The van der Waals surface area contributed by atoms with Gasteiger partial charge in [-0.3, -0.25) is 4.90 Å². The maximum Gasteiger partial charge on any atom is 0.360 e. The third-order valence-corrected chi connectivity index (χ3v) is 2.69. The van der Waals surface area contributed by atoms with Crippen LogP contribution in [0.5, 0.6) is 5.75 Å². The molecule has 5 heteroatoms. The van der Waals surface area contributed by atoms with Gasteiger partial charge in [-0.25, -0.2) is 4.79 Å². The lowest BCUT2D eigenvalue weighted by Gasteiger charge is -2.32. The number of nitrogens with one attached hydrogen (secondary N) is 1. The van der Waals surface area contributed by atoms with Crippen LogP contribution in [0.1, 0.15) is 0 Å². The summed E-state index contributed by atoms with van der Waals surface area (Å²) in [5.74, 6) is -0.366. The molecule has 0 aliphatic carbocycles. The van der Waals surface area contributed by atoms with Crippen LogP contribution in [-0.4, -0.2) is 48.4 Å². The first-order valence-corrected chi connectivity index (χ1v) is 5.66. The molecule has 0 saturated carbocycles. The number of hydrogen-bond donors (Lipinski definition) is 2. The number of benzene rings is 1. The van der Waals surface area contributed by atoms with Gasteiger partial charge in [0.05, 0.1) is 0 Å². The lowest BCUT2D eigenvalue weighted by atomic mass is 10.3. The van der Waals surface area contributed by atoms with Crippen molar-refractivity contribution in [2.24, 2.45) is 0 Å². The van der Waals surface area contributed by atoms with Gasteiger partial charge in [0.25, 0.3) is 6.23 Å². The number of nitrogens with zero attached hydrogens (tertiary/aromatic N) is 1. The average molecular weight is 236 g/mol. The minimum atomic E-state index is -0.948. The van der Waals surface area contributed by atoms with E-state index in [0.29, 0.717) is 18.8 Å². The summed E-state index contributed by atoms with van der Waals surface area (Å²) in [7, 11) is 0. The fourth-order valence-electron chi connectivity index (χ4n) is 1.83. The smallest absolute Gasteiger partial charge is 0.360 e. The van der Waals surface area contributed by atoms with Crippen LogP contribution in [0.3, 0.4) is 0 Å². The van der Waals surface area contributed by atoms with Gasteiger partial charge in [0.1, 0.15) is 5.75 Å². The zero-order valence-corrected chi connectivity index (χ0v) is 9.50. The van der Waals surface area contributed by atoms with Crippen LogP contribution < -0.4 is 10.1 Å². The molecular weight excluding hydrogens is 220 g/mol. The van der Waals surface area contributed by atoms with Crippen molar-refractivity contribution in [3.05, 3.63) is 30.3 Å². The third kappa shape index (κ3) is 3.18. The van der Waals surface area contributed by atoms with Gasteiger partial charge in [0.2, 0.25) is 0 Å². The highest BCUT2D eigenvalue weighted by molar-refractivity contribution is 5.72. The zero-order valence-electron chi connectivity index (χ0n) is 9.50. The second-order valence-corrected chi connectivity index (χ2v) is 3.91. The van der Waals surface area contributed by atoms with Crippen LogP contribution in [0, 0.1) is 0 Å². The van der Waals surface area contributed by atoms with Gasteiger partial charge < -0.3 is 15.2 Å². The largest absolute Gasteiger partial charge is 0.477 e. The van der Waals surface area contributed by atoms with Crippen LogP contribution in [0.25, 0.3) is 0 Å². The van der Waals surface area contributed by atoms with Gasteiger partial charge in [0, 0.05) is 26.2 Å². The summed E-state index contributed by atoms with van der Waals surface area (Å²) in [6, 6.07) is 9.04. The van der Waals surface area contributed by atoms with Gasteiger partial charge in [-0.2, -0.15) is 0 Å². The molecule has 0 radical (unpaired) electrons.